The van der Waals surface area contributed by atoms with Crippen molar-refractivity contribution >= 4 is 67.5 Å². The summed E-state index contributed by atoms with van der Waals surface area (Å²) < 4.78 is 22.1. The van der Waals surface area contributed by atoms with E-state index in [1.165, 1.54) is 24.3 Å². The Morgan fingerprint density at radius 2 is 0.432 bits per heavy atom. The molecule has 4 heterocycles. The normalized spacial score (nSPS) is 12.0. The van der Waals surface area contributed by atoms with Crippen LogP contribution in [-0.4, -0.2) is 23.6 Å². The van der Waals surface area contributed by atoms with E-state index in [2.05, 4.69) is 21.3 Å². The molecule has 16 heteroatoms. The van der Waals surface area contributed by atoms with Crippen molar-refractivity contribution in [3.63, 3.8) is 0 Å². The maximum Gasteiger partial charge on any atom is 0.287 e. The minimum Gasteiger partial charge on any atom is -0.451 e. The van der Waals surface area contributed by atoms with Gasteiger partial charge in [-0.25, -0.2) is 0 Å². The molecular weight excluding hydrogens is 1110 g/mol. The third kappa shape index (κ3) is 15.6. The van der Waals surface area contributed by atoms with Crippen LogP contribution in [-0.2, 0) is 0 Å². The van der Waals surface area contributed by atoms with Crippen LogP contribution in [0.25, 0.3) is 43.9 Å². The van der Waals surface area contributed by atoms with Crippen molar-refractivity contribution in [1.82, 2.24) is 21.3 Å². The highest BCUT2D eigenvalue weighted by Crippen LogP contribution is 2.20. The third-order valence-electron chi connectivity index (χ3n) is 14.0. The second-order valence-electron chi connectivity index (χ2n) is 20.3. The summed E-state index contributed by atoms with van der Waals surface area (Å²) in [5.74, 6) is -1.53. The number of nitrogens with one attached hydrogen (secondary N) is 4. The molecule has 0 unspecified atom stereocenters. The van der Waals surface area contributed by atoms with Crippen LogP contribution in [0.2, 0.25) is 0 Å². The zero-order chi connectivity index (χ0) is 62.1. The molecule has 4 N–H and O–H groups in total. The van der Waals surface area contributed by atoms with Gasteiger partial charge in [0.15, 0.2) is 44.8 Å². The molecule has 4 aromatic heterocycles. The van der Waals surface area contributed by atoms with E-state index >= 15 is 0 Å². The molecule has 12 aromatic rings. The van der Waals surface area contributed by atoms with Gasteiger partial charge in [-0.05, 0) is 98.5 Å². The van der Waals surface area contributed by atoms with E-state index < -0.39 is 23.6 Å². The van der Waals surface area contributed by atoms with E-state index in [0.29, 0.717) is 43.9 Å². The third-order valence-corrected chi connectivity index (χ3v) is 14.0. The van der Waals surface area contributed by atoms with Crippen molar-refractivity contribution in [2.24, 2.45) is 0 Å². The molecule has 0 aliphatic heterocycles. The number of benzene rings is 8. The standard InChI is InChI=1S/4C18H15NO3/c4*1-12(13-7-3-2-4-8-13)19-18(21)17-11-15(20)14-9-5-6-10-16(14)22-17/h4*2-12H,1H3,(H,19,21)/t4*12-/m0000/s1. The van der Waals surface area contributed by atoms with Crippen molar-refractivity contribution in [2.45, 2.75) is 51.9 Å². The van der Waals surface area contributed by atoms with E-state index in [0.717, 1.165) is 22.3 Å². The summed E-state index contributed by atoms with van der Waals surface area (Å²) >= 11 is 0. The first-order valence-electron chi connectivity index (χ1n) is 28.1. The SMILES string of the molecule is C[C@H](NC(=O)c1cc(=O)c2ccccc2o1)c1ccccc1.C[C@H](NC(=O)c1cc(=O)c2ccccc2o1)c1ccccc1.C[C@H](NC(=O)c1cc(=O)c2ccccc2o1)c1ccccc1.C[C@H](NC(=O)c1cc(=O)c2ccccc2o1)c1ccccc1. The summed E-state index contributed by atoms with van der Waals surface area (Å²) in [6, 6.07) is 70.1. The van der Waals surface area contributed by atoms with Gasteiger partial charge in [-0.15, -0.1) is 0 Å². The first kappa shape index (κ1) is 61.1. The lowest BCUT2D eigenvalue weighted by Crippen LogP contribution is -2.27. The average Bonchev–Trinajstić information content (AvgIpc) is 3.37. The average molecular weight is 1170 g/mol. The molecule has 4 atom stereocenters. The molecule has 0 fully saturated rings. The highest BCUT2D eigenvalue weighted by molar-refractivity contribution is 5.95. The molecular formula is C72H60N4O12. The first-order valence-corrected chi connectivity index (χ1v) is 28.1. The Labute approximate surface area is 504 Å². The Kier molecular flexibility index (Phi) is 20.0. The zero-order valence-electron chi connectivity index (χ0n) is 48.3. The van der Waals surface area contributed by atoms with Gasteiger partial charge in [-0.2, -0.15) is 0 Å². The van der Waals surface area contributed by atoms with Crippen LogP contribution in [0.15, 0.2) is 280 Å². The van der Waals surface area contributed by atoms with Gasteiger partial charge >= 0.3 is 0 Å². The quantitative estimate of drug-likeness (QED) is 0.0894. The van der Waals surface area contributed by atoms with Gasteiger partial charge in [0.2, 0.25) is 0 Å². The number of hydrogen-bond acceptors (Lipinski definition) is 12. The van der Waals surface area contributed by atoms with E-state index in [1.807, 2.05) is 149 Å². The van der Waals surface area contributed by atoms with Gasteiger partial charge in [-0.1, -0.05) is 170 Å². The number of fused-ring (bicyclic) bond motifs is 4. The van der Waals surface area contributed by atoms with E-state index in [1.54, 1.807) is 97.1 Å². The van der Waals surface area contributed by atoms with Gasteiger partial charge in [0.1, 0.15) is 22.3 Å². The van der Waals surface area contributed by atoms with Crippen LogP contribution in [0.4, 0.5) is 0 Å². The number of carbonyl (C=O) groups excluding carboxylic acids is 4. The summed E-state index contributed by atoms with van der Waals surface area (Å²) in [4.78, 5) is 97.2. The van der Waals surface area contributed by atoms with Crippen molar-refractivity contribution in [3.05, 3.63) is 329 Å². The molecule has 440 valence electrons. The predicted octanol–water partition coefficient (Wildman–Crippen LogP) is 13.1. The topological polar surface area (TPSA) is 237 Å². The van der Waals surface area contributed by atoms with E-state index in [-0.39, 0.29) is 68.9 Å². The first-order chi connectivity index (χ1) is 42.6. The van der Waals surface area contributed by atoms with Crippen LogP contribution >= 0.6 is 0 Å². The number of hydrogen-bond donors (Lipinski definition) is 4. The molecule has 88 heavy (non-hydrogen) atoms. The highest BCUT2D eigenvalue weighted by Gasteiger charge is 2.20. The van der Waals surface area contributed by atoms with Gasteiger partial charge in [-0.3, -0.25) is 38.4 Å². The number of rotatable bonds is 12. The van der Waals surface area contributed by atoms with E-state index in [4.69, 9.17) is 17.7 Å². The lowest BCUT2D eigenvalue weighted by atomic mass is 10.1. The fourth-order valence-electron chi connectivity index (χ4n) is 9.23. The second-order valence-corrected chi connectivity index (χ2v) is 20.3. The van der Waals surface area contributed by atoms with Crippen molar-refractivity contribution < 1.29 is 36.8 Å². The van der Waals surface area contributed by atoms with Crippen molar-refractivity contribution in [3.8, 4) is 0 Å². The van der Waals surface area contributed by atoms with Crippen molar-refractivity contribution in [2.75, 3.05) is 0 Å². The zero-order valence-corrected chi connectivity index (χ0v) is 48.3. The molecule has 0 saturated carbocycles. The lowest BCUT2D eigenvalue weighted by molar-refractivity contribution is 0.0905. The van der Waals surface area contributed by atoms with E-state index in [9.17, 15) is 38.4 Å². The lowest BCUT2D eigenvalue weighted by Gasteiger charge is -2.13. The molecule has 0 aliphatic carbocycles. The molecule has 4 amide bonds. The molecule has 16 nitrogen and oxygen atoms in total. The molecule has 0 spiro atoms. The fraction of sp³-hybridized carbons (Fsp3) is 0.111. The molecule has 12 rings (SSSR count). The largest absolute Gasteiger partial charge is 0.451 e. The predicted molar refractivity (Wildman–Crippen MR) is 339 cm³/mol. The summed E-state index contributed by atoms with van der Waals surface area (Å²) in [5.41, 5.74) is 4.69. The van der Waals surface area contributed by atoms with Crippen LogP contribution in [0.3, 0.4) is 0 Å². The Balaban J connectivity index is 0.000000140. The number of amides is 4. The number of para-hydroxylation sites is 4. The summed E-state index contributed by atoms with van der Waals surface area (Å²) in [6.45, 7) is 7.53. The van der Waals surface area contributed by atoms with Gasteiger partial charge < -0.3 is 38.9 Å². The minimum absolute atomic E-state index is 0.0199. The maximum absolute atomic E-state index is 12.3. The Morgan fingerprint density at radius 3 is 0.625 bits per heavy atom. The Morgan fingerprint density at radius 1 is 0.261 bits per heavy atom. The maximum atomic E-state index is 12.3. The summed E-state index contributed by atoms with van der Waals surface area (Å²) in [5, 5.41) is 13.2. The van der Waals surface area contributed by atoms with Gasteiger partial charge in [0.05, 0.1) is 45.7 Å². The second kappa shape index (κ2) is 28.8. The Hall–Kier alpha value is -11.5. The summed E-state index contributed by atoms with van der Waals surface area (Å²) in [7, 11) is 0. The highest BCUT2D eigenvalue weighted by atomic mass is 16.4. The minimum atomic E-state index is -0.404. The monoisotopic (exact) mass is 1170 g/mol. The van der Waals surface area contributed by atoms with Gasteiger partial charge in [0, 0.05) is 24.3 Å². The van der Waals surface area contributed by atoms with Crippen LogP contribution in [0.1, 0.15) is 116 Å². The molecule has 8 aromatic carbocycles. The summed E-state index contributed by atoms with van der Waals surface area (Å²) in [6.07, 6.45) is 0. The molecule has 0 radical (unpaired) electrons. The number of carbonyl (C=O) groups is 4. The molecule has 0 saturated heterocycles. The smallest absolute Gasteiger partial charge is 0.287 e. The van der Waals surface area contributed by atoms with Crippen LogP contribution in [0, 0.1) is 0 Å². The Bertz CT molecular complexity index is 4070. The fourth-order valence-corrected chi connectivity index (χ4v) is 9.23. The molecule has 0 bridgehead atoms. The molecule has 0 aliphatic rings. The van der Waals surface area contributed by atoms with Gasteiger partial charge in [0.25, 0.3) is 23.6 Å². The van der Waals surface area contributed by atoms with Crippen LogP contribution in [0.5, 0.6) is 0 Å². The van der Waals surface area contributed by atoms with Crippen LogP contribution < -0.4 is 43.0 Å². The van der Waals surface area contributed by atoms with Crippen molar-refractivity contribution in [1.29, 1.82) is 0 Å².